The topological polar surface area (TPSA) is 141 Å². The molecular weight excluding hydrogens is 993 g/mol. The summed E-state index contributed by atoms with van der Waals surface area (Å²) in [6.45, 7) is 5.25. The predicted molar refractivity (Wildman–Crippen MR) is 314 cm³/mol. The van der Waals surface area contributed by atoms with E-state index in [0.717, 1.165) is 148 Å². The zero-order valence-corrected chi connectivity index (χ0v) is 47.2. The summed E-state index contributed by atoms with van der Waals surface area (Å²) in [6, 6.07) is 34.3. The van der Waals surface area contributed by atoms with Crippen molar-refractivity contribution in [3.63, 3.8) is 0 Å². The fourth-order valence-electron chi connectivity index (χ4n) is 17.6. The van der Waals surface area contributed by atoms with E-state index in [-0.39, 0.29) is 65.1 Å². The number of phenols is 1. The summed E-state index contributed by atoms with van der Waals surface area (Å²) in [5.74, 6) is 1.95. The molecular formula is C70H84N4O6. The fraction of sp³-hybridized carbons (Fsp3) is 0.514. The predicted octanol–water partition coefficient (Wildman–Crippen LogP) is 12.3. The van der Waals surface area contributed by atoms with E-state index >= 15 is 9.59 Å². The highest BCUT2D eigenvalue weighted by molar-refractivity contribution is 6.07. The minimum atomic E-state index is -0.882. The van der Waals surface area contributed by atoms with Gasteiger partial charge in [-0.15, -0.1) is 0 Å². The first-order valence-corrected chi connectivity index (χ1v) is 31.1. The number of phenolic OH excluding ortho intramolecular Hbond substituents is 1. The molecule has 3 saturated carbocycles. The molecule has 11 aliphatic rings. The van der Waals surface area contributed by atoms with Gasteiger partial charge in [0.2, 0.25) is 0 Å². The van der Waals surface area contributed by atoms with Crippen molar-refractivity contribution in [2.75, 3.05) is 26.7 Å². The third-order valence-corrected chi connectivity index (χ3v) is 21.6. The number of hydrogen-bond acceptors (Lipinski definition) is 10. The van der Waals surface area contributed by atoms with E-state index < -0.39 is 5.41 Å². The van der Waals surface area contributed by atoms with Crippen LogP contribution in [0, 0.1) is 52.3 Å². The molecule has 420 valence electrons. The quantitative estimate of drug-likeness (QED) is 0.0851. The van der Waals surface area contributed by atoms with Crippen LogP contribution in [0.1, 0.15) is 144 Å². The van der Waals surface area contributed by atoms with Gasteiger partial charge in [0.05, 0.1) is 23.3 Å². The standard InChI is InChI=1S/C70H84N4O6/c1-3-43(34-44-12-6-4-7-13-44)37-60-70-31-25-54-55-22-23-56-59(79-67(77)63(56)64(55)70)26-30-69(51-28-33-73-61(38-51)71-2)29-24-50(40-69)66(74-42-58(76)47-16-8-5-9-17-47)49-19-10-14-45(35-49)27-32-72-41-46-15-11-18-48(36-46)53-21-20-52(75)39-57(53)62(54)65(70)68(78)80-60/h4,6-7,10-15,18-21,26,35-37,39,43,47,50-51,54-55,58,61,64,66,71-76H,3,5,8-9,16-17,22-25,27-34,38,40-42H2,1-2H3. The van der Waals surface area contributed by atoms with Crippen LogP contribution in [0.5, 0.6) is 5.75 Å². The molecule has 5 fully saturated rings. The highest BCUT2D eigenvalue weighted by atomic mass is 16.6. The maximum atomic E-state index is 15.3. The van der Waals surface area contributed by atoms with Gasteiger partial charge in [-0.2, -0.15) is 0 Å². The molecule has 4 aromatic carbocycles. The second-order valence-electron chi connectivity index (χ2n) is 25.8. The number of aliphatic hydroxyl groups is 1. The molecule has 5 aliphatic heterocycles. The van der Waals surface area contributed by atoms with Gasteiger partial charge in [0.1, 0.15) is 17.3 Å². The molecule has 0 amide bonds. The highest BCUT2D eigenvalue weighted by Crippen LogP contribution is 2.72. The Hall–Kier alpha value is -5.62. The fourth-order valence-corrected chi connectivity index (χ4v) is 17.6. The Balaban J connectivity index is 0.951. The summed E-state index contributed by atoms with van der Waals surface area (Å²) < 4.78 is 13.5. The van der Waals surface area contributed by atoms with Crippen molar-refractivity contribution >= 4 is 17.5 Å². The lowest BCUT2D eigenvalue weighted by Crippen LogP contribution is -2.52. The Bertz CT molecular complexity index is 3120. The number of benzene rings is 4. The van der Waals surface area contributed by atoms with Crippen molar-refractivity contribution in [3.05, 3.63) is 165 Å². The minimum absolute atomic E-state index is 0.0317. The van der Waals surface area contributed by atoms with Gasteiger partial charge < -0.3 is 41.0 Å². The van der Waals surface area contributed by atoms with Gasteiger partial charge in [-0.05, 0) is 232 Å². The first kappa shape index (κ1) is 53.7. The van der Waals surface area contributed by atoms with E-state index in [2.05, 4.69) is 126 Å². The molecule has 4 aromatic rings. The Morgan fingerprint density at radius 2 is 1.66 bits per heavy atom. The van der Waals surface area contributed by atoms with Gasteiger partial charge in [0.15, 0.2) is 0 Å². The number of ether oxygens (including phenoxy) is 2. The van der Waals surface area contributed by atoms with E-state index in [1.165, 1.54) is 36.0 Å². The van der Waals surface area contributed by atoms with Gasteiger partial charge in [0, 0.05) is 36.2 Å². The Morgan fingerprint density at radius 3 is 2.51 bits per heavy atom. The number of cyclic esters (lactones) is 1. The van der Waals surface area contributed by atoms with E-state index in [4.69, 9.17) is 9.47 Å². The number of fused-ring (bicyclic) bond motifs is 5. The molecule has 1 spiro atoms. The minimum Gasteiger partial charge on any atom is -0.508 e. The molecule has 11 atom stereocenters. The van der Waals surface area contributed by atoms with Crippen molar-refractivity contribution in [2.45, 2.75) is 147 Å². The van der Waals surface area contributed by atoms with E-state index in [1.807, 2.05) is 12.1 Å². The maximum absolute atomic E-state index is 15.3. The molecule has 14 bridgehead atoms. The zero-order valence-electron chi connectivity index (χ0n) is 47.2. The number of hydrogen-bond donors (Lipinski definition) is 6. The molecule has 80 heavy (non-hydrogen) atoms. The number of piperidine rings is 1. The zero-order chi connectivity index (χ0) is 54.5. The highest BCUT2D eigenvalue weighted by Gasteiger charge is 2.68. The van der Waals surface area contributed by atoms with Crippen LogP contribution in [0.15, 0.2) is 137 Å². The van der Waals surface area contributed by atoms with Crippen LogP contribution in [0.4, 0.5) is 0 Å². The smallest absolute Gasteiger partial charge is 0.340 e. The van der Waals surface area contributed by atoms with E-state index in [1.54, 1.807) is 6.07 Å². The van der Waals surface area contributed by atoms with Crippen LogP contribution in [-0.4, -0.2) is 61.1 Å². The summed E-state index contributed by atoms with van der Waals surface area (Å²) in [5, 5.41) is 38.5. The molecule has 6 N–H and O–H groups in total. The van der Waals surface area contributed by atoms with Gasteiger partial charge in [-0.1, -0.05) is 105 Å². The number of carbonyl (C=O) groups is 2. The SMILES string of the molecule is CCC(C=C1OC(=O)C2=C3c4cc(O)ccc4-c4cccc(c4)CNCCc4cccc(c4)C(NCC(O)C4CCCCC4)C4CCC(C5CCNC(NC)C5)(CC=C5OC(=O)C6=C5CCC5C3CCC12C65)C4)Cc1ccccc1. The van der Waals surface area contributed by atoms with Crippen molar-refractivity contribution in [3.8, 4) is 16.9 Å². The van der Waals surface area contributed by atoms with Crippen molar-refractivity contribution in [2.24, 2.45) is 52.3 Å². The second-order valence-corrected chi connectivity index (χ2v) is 25.8. The molecule has 6 aliphatic carbocycles. The third-order valence-electron chi connectivity index (χ3n) is 21.6. The Labute approximate surface area is 474 Å². The number of allylic oxidation sites excluding steroid dienone is 5. The Kier molecular flexibility index (Phi) is 15.2. The summed E-state index contributed by atoms with van der Waals surface area (Å²) in [5.41, 5.74) is 10.4. The number of rotatable bonds is 10. The van der Waals surface area contributed by atoms with Crippen molar-refractivity contribution < 1.29 is 29.3 Å². The molecule has 15 rings (SSSR count). The van der Waals surface area contributed by atoms with Crippen LogP contribution in [0.2, 0.25) is 0 Å². The van der Waals surface area contributed by atoms with E-state index in [0.29, 0.717) is 48.6 Å². The second kappa shape index (κ2) is 22.6. The normalized spacial score (nSPS) is 31.8. The molecule has 5 heterocycles. The number of nitrogens with one attached hydrogen (secondary N) is 4. The lowest BCUT2D eigenvalue weighted by atomic mass is 9.44. The van der Waals surface area contributed by atoms with Crippen LogP contribution < -0.4 is 21.3 Å². The van der Waals surface area contributed by atoms with E-state index in [9.17, 15) is 10.2 Å². The van der Waals surface area contributed by atoms with Gasteiger partial charge in [-0.3, -0.25) is 0 Å². The van der Waals surface area contributed by atoms with Crippen LogP contribution in [0.3, 0.4) is 0 Å². The largest absolute Gasteiger partial charge is 0.508 e. The summed E-state index contributed by atoms with van der Waals surface area (Å²) >= 11 is 0. The average molecular weight is 1080 g/mol. The number of esters is 2. The van der Waals surface area contributed by atoms with Gasteiger partial charge in [-0.25, -0.2) is 9.59 Å². The summed E-state index contributed by atoms with van der Waals surface area (Å²) in [7, 11) is 2.07. The molecule has 11 unspecified atom stereocenters. The van der Waals surface area contributed by atoms with Crippen LogP contribution in [0.25, 0.3) is 16.7 Å². The first-order valence-electron chi connectivity index (χ1n) is 31.1. The molecule has 10 nitrogen and oxygen atoms in total. The monoisotopic (exact) mass is 1080 g/mol. The molecule has 0 aromatic heterocycles. The van der Waals surface area contributed by atoms with Crippen LogP contribution in [-0.2, 0) is 38.4 Å². The third kappa shape index (κ3) is 9.86. The lowest BCUT2D eigenvalue weighted by molar-refractivity contribution is -0.135. The van der Waals surface area contributed by atoms with Gasteiger partial charge >= 0.3 is 11.9 Å². The maximum Gasteiger partial charge on any atom is 0.340 e. The summed E-state index contributed by atoms with van der Waals surface area (Å²) in [6.07, 6.45) is 22.1. The lowest BCUT2D eigenvalue weighted by Gasteiger charge is -2.56. The first-order chi connectivity index (χ1) is 39.1. The van der Waals surface area contributed by atoms with Crippen molar-refractivity contribution in [1.29, 1.82) is 0 Å². The Morgan fingerprint density at radius 1 is 0.812 bits per heavy atom. The molecule has 2 saturated heterocycles. The average Bonchev–Trinajstić information content (AvgIpc) is 4.28. The number of aliphatic hydroxyl groups excluding tert-OH is 1. The van der Waals surface area contributed by atoms with Crippen molar-refractivity contribution in [1.82, 2.24) is 21.3 Å². The number of aromatic hydroxyl groups is 1. The van der Waals surface area contributed by atoms with Crippen LogP contribution >= 0.6 is 0 Å². The molecule has 0 radical (unpaired) electrons. The molecule has 10 heteroatoms. The van der Waals surface area contributed by atoms with Gasteiger partial charge in [0.25, 0.3) is 0 Å². The summed E-state index contributed by atoms with van der Waals surface area (Å²) in [4.78, 5) is 30.5. The number of carbonyl (C=O) groups excluding carboxylic acids is 2.